The van der Waals surface area contributed by atoms with Gasteiger partial charge in [-0.2, -0.15) is 0 Å². The number of hydrogen-bond acceptors (Lipinski definition) is 5. The van der Waals surface area contributed by atoms with E-state index in [-0.39, 0.29) is 11.7 Å². The third-order valence-electron chi connectivity index (χ3n) is 2.72. The van der Waals surface area contributed by atoms with Crippen LogP contribution in [0.1, 0.15) is 0 Å². The predicted octanol–water partition coefficient (Wildman–Crippen LogP) is 3.59. The molecule has 116 valence electrons. The van der Waals surface area contributed by atoms with Crippen molar-refractivity contribution in [3.05, 3.63) is 41.0 Å². The van der Waals surface area contributed by atoms with Crippen LogP contribution in [0.5, 0.6) is 11.5 Å². The minimum absolute atomic E-state index is 0.109. The number of methoxy groups -OCH3 is 2. The molecule has 0 atom stereocenters. The van der Waals surface area contributed by atoms with Crippen molar-refractivity contribution in [2.24, 2.45) is 0 Å². The van der Waals surface area contributed by atoms with Crippen LogP contribution in [0.2, 0.25) is 0 Å². The van der Waals surface area contributed by atoms with E-state index in [0.29, 0.717) is 17.2 Å². The highest BCUT2D eigenvalue weighted by Crippen LogP contribution is 2.29. The van der Waals surface area contributed by atoms with Crippen LogP contribution in [0.3, 0.4) is 0 Å². The molecule has 1 aromatic heterocycles. The maximum Gasteiger partial charge on any atom is 0.234 e. The lowest BCUT2D eigenvalue weighted by atomic mass is 10.2. The minimum Gasteiger partial charge on any atom is -0.493 e. The van der Waals surface area contributed by atoms with Crippen LogP contribution < -0.4 is 14.8 Å². The zero-order valence-corrected chi connectivity index (χ0v) is 14.5. The summed E-state index contributed by atoms with van der Waals surface area (Å²) in [5, 5.41) is 3.61. The Hall–Kier alpha value is -1.73. The highest BCUT2D eigenvalue weighted by atomic mass is 79.9. The van der Waals surface area contributed by atoms with Gasteiger partial charge >= 0.3 is 0 Å². The predicted molar refractivity (Wildman–Crippen MR) is 90.8 cm³/mol. The standard InChI is InChI=1S/C15H15BrN2O3S/c1-20-12-5-4-11(7-13(12)21-2)18-14(19)9-22-15-6-3-10(16)8-17-15/h3-8H,9H2,1-2H3,(H,18,19). The molecule has 22 heavy (non-hydrogen) atoms. The zero-order valence-electron chi connectivity index (χ0n) is 12.1. The Morgan fingerprint density at radius 3 is 2.64 bits per heavy atom. The van der Waals surface area contributed by atoms with E-state index in [4.69, 9.17) is 9.47 Å². The topological polar surface area (TPSA) is 60.5 Å². The molecule has 1 aromatic carbocycles. The summed E-state index contributed by atoms with van der Waals surface area (Å²) in [4.78, 5) is 16.2. The third-order valence-corrected chi connectivity index (χ3v) is 4.13. The summed E-state index contributed by atoms with van der Waals surface area (Å²) in [6, 6.07) is 8.99. The quantitative estimate of drug-likeness (QED) is 0.773. The van der Waals surface area contributed by atoms with Crippen molar-refractivity contribution in [3.8, 4) is 11.5 Å². The van der Waals surface area contributed by atoms with E-state index in [9.17, 15) is 4.79 Å². The number of carbonyl (C=O) groups is 1. The van der Waals surface area contributed by atoms with Crippen LogP contribution in [0, 0.1) is 0 Å². The average molecular weight is 383 g/mol. The highest BCUT2D eigenvalue weighted by molar-refractivity contribution is 9.10. The van der Waals surface area contributed by atoms with Crippen LogP contribution in [0.15, 0.2) is 46.0 Å². The first-order chi connectivity index (χ1) is 10.6. The molecule has 0 bridgehead atoms. The van der Waals surface area contributed by atoms with E-state index in [1.54, 1.807) is 38.6 Å². The molecule has 0 aliphatic rings. The molecular weight excluding hydrogens is 368 g/mol. The number of thioether (sulfide) groups is 1. The molecule has 0 spiro atoms. The molecule has 0 radical (unpaired) electrons. The summed E-state index contributed by atoms with van der Waals surface area (Å²) in [7, 11) is 3.12. The molecule has 5 nitrogen and oxygen atoms in total. The van der Waals surface area contributed by atoms with Gasteiger partial charge in [0.25, 0.3) is 0 Å². The highest BCUT2D eigenvalue weighted by Gasteiger charge is 2.08. The molecule has 0 fully saturated rings. The monoisotopic (exact) mass is 382 g/mol. The number of amides is 1. The van der Waals surface area contributed by atoms with Crippen LogP contribution in [-0.2, 0) is 4.79 Å². The fourth-order valence-corrected chi connectivity index (χ4v) is 2.58. The number of halogens is 1. The van der Waals surface area contributed by atoms with E-state index in [0.717, 1.165) is 9.50 Å². The van der Waals surface area contributed by atoms with Gasteiger partial charge in [-0.15, -0.1) is 0 Å². The number of anilines is 1. The molecule has 0 aliphatic carbocycles. The maximum atomic E-state index is 12.0. The van der Waals surface area contributed by atoms with Crippen molar-refractivity contribution in [2.75, 3.05) is 25.3 Å². The number of hydrogen-bond donors (Lipinski definition) is 1. The summed E-state index contributed by atoms with van der Waals surface area (Å²) in [5.41, 5.74) is 0.659. The second kappa shape index (κ2) is 8.05. The number of benzene rings is 1. The molecule has 0 unspecified atom stereocenters. The third kappa shape index (κ3) is 4.64. The van der Waals surface area contributed by atoms with Crippen molar-refractivity contribution >= 4 is 39.3 Å². The number of aromatic nitrogens is 1. The molecule has 0 saturated carbocycles. The molecule has 1 N–H and O–H groups in total. The van der Waals surface area contributed by atoms with E-state index in [1.807, 2.05) is 12.1 Å². The molecular formula is C15H15BrN2O3S. The summed E-state index contributed by atoms with van der Waals surface area (Å²) in [6.45, 7) is 0. The van der Waals surface area contributed by atoms with Crippen molar-refractivity contribution in [3.63, 3.8) is 0 Å². The second-order valence-corrected chi connectivity index (χ2v) is 6.13. The van der Waals surface area contributed by atoms with Gasteiger partial charge in [0, 0.05) is 22.4 Å². The van der Waals surface area contributed by atoms with Crippen molar-refractivity contribution in [1.29, 1.82) is 0 Å². The normalized spacial score (nSPS) is 10.1. The smallest absolute Gasteiger partial charge is 0.234 e. The average Bonchev–Trinajstić information content (AvgIpc) is 2.54. The lowest BCUT2D eigenvalue weighted by molar-refractivity contribution is -0.113. The summed E-state index contributed by atoms with van der Waals surface area (Å²) < 4.78 is 11.3. The molecule has 0 saturated heterocycles. The van der Waals surface area contributed by atoms with Gasteiger partial charge in [-0.1, -0.05) is 11.8 Å². The Balaban J connectivity index is 1.93. The Kier molecular flexibility index (Phi) is 6.09. The minimum atomic E-state index is -0.109. The molecule has 2 rings (SSSR count). The first kappa shape index (κ1) is 16.6. The summed E-state index contributed by atoms with van der Waals surface area (Å²) >= 11 is 4.70. The number of pyridine rings is 1. The van der Waals surface area contributed by atoms with E-state index < -0.39 is 0 Å². The van der Waals surface area contributed by atoms with E-state index in [2.05, 4.69) is 26.2 Å². The van der Waals surface area contributed by atoms with Crippen LogP contribution >= 0.6 is 27.7 Å². The molecule has 1 amide bonds. The molecule has 2 aromatic rings. The van der Waals surface area contributed by atoms with Crippen LogP contribution in [0.25, 0.3) is 0 Å². The van der Waals surface area contributed by atoms with Gasteiger partial charge in [0.15, 0.2) is 11.5 Å². The van der Waals surface area contributed by atoms with Crippen molar-refractivity contribution in [1.82, 2.24) is 4.98 Å². The fourth-order valence-electron chi connectivity index (χ4n) is 1.70. The SMILES string of the molecule is COc1ccc(NC(=O)CSc2ccc(Br)cn2)cc1OC. The lowest BCUT2D eigenvalue weighted by Crippen LogP contribution is -2.14. The first-order valence-corrected chi connectivity index (χ1v) is 8.16. The molecule has 1 heterocycles. The van der Waals surface area contributed by atoms with Crippen molar-refractivity contribution in [2.45, 2.75) is 5.03 Å². The van der Waals surface area contributed by atoms with Gasteiger partial charge in [0.1, 0.15) is 0 Å². The first-order valence-electron chi connectivity index (χ1n) is 6.38. The van der Waals surface area contributed by atoms with E-state index >= 15 is 0 Å². The Bertz CT molecular complexity index is 650. The van der Waals surface area contributed by atoms with Gasteiger partial charge < -0.3 is 14.8 Å². The summed E-state index contributed by atoms with van der Waals surface area (Å²) in [6.07, 6.45) is 1.70. The number of ether oxygens (including phenoxy) is 2. The van der Waals surface area contributed by atoms with E-state index in [1.165, 1.54) is 11.8 Å². The number of carbonyl (C=O) groups excluding carboxylic acids is 1. The van der Waals surface area contributed by atoms with Gasteiger partial charge in [0.2, 0.25) is 5.91 Å². The van der Waals surface area contributed by atoms with Gasteiger partial charge in [-0.25, -0.2) is 4.98 Å². The Labute approximate surface area is 141 Å². The molecule has 7 heteroatoms. The van der Waals surface area contributed by atoms with Gasteiger partial charge in [0.05, 0.1) is 25.0 Å². The van der Waals surface area contributed by atoms with Crippen LogP contribution in [-0.4, -0.2) is 30.9 Å². The largest absolute Gasteiger partial charge is 0.493 e. The molecule has 0 aliphatic heterocycles. The summed E-state index contributed by atoms with van der Waals surface area (Å²) in [5.74, 6) is 1.36. The second-order valence-electron chi connectivity index (χ2n) is 4.22. The number of nitrogens with zero attached hydrogens (tertiary/aromatic N) is 1. The number of nitrogens with one attached hydrogen (secondary N) is 1. The maximum absolute atomic E-state index is 12.0. The lowest BCUT2D eigenvalue weighted by Gasteiger charge is -2.10. The Morgan fingerprint density at radius 1 is 1.23 bits per heavy atom. The zero-order chi connectivity index (χ0) is 15.9. The van der Waals surface area contributed by atoms with Crippen LogP contribution in [0.4, 0.5) is 5.69 Å². The van der Waals surface area contributed by atoms with Gasteiger partial charge in [-0.3, -0.25) is 4.79 Å². The Morgan fingerprint density at radius 2 is 2.00 bits per heavy atom. The van der Waals surface area contributed by atoms with Crippen molar-refractivity contribution < 1.29 is 14.3 Å². The fraction of sp³-hybridized carbons (Fsp3) is 0.200. The van der Waals surface area contributed by atoms with Gasteiger partial charge in [-0.05, 0) is 40.2 Å². The number of rotatable bonds is 6.